The van der Waals surface area contributed by atoms with Gasteiger partial charge in [-0.3, -0.25) is 4.79 Å². The first-order chi connectivity index (χ1) is 11.7. The van der Waals surface area contributed by atoms with Crippen molar-refractivity contribution in [3.8, 4) is 0 Å². The van der Waals surface area contributed by atoms with E-state index in [0.717, 1.165) is 17.7 Å². The van der Waals surface area contributed by atoms with E-state index in [2.05, 4.69) is 26.1 Å². The predicted octanol–water partition coefficient (Wildman–Crippen LogP) is 4.06. The monoisotopic (exact) mass is 347 g/mol. The second kappa shape index (κ2) is 7.42. The summed E-state index contributed by atoms with van der Waals surface area (Å²) in [6.45, 7) is 5.66. The number of benzene rings is 2. The average Bonchev–Trinajstić information content (AvgIpc) is 2.52. The van der Waals surface area contributed by atoms with Crippen molar-refractivity contribution < 1.29 is 23.1 Å². The van der Waals surface area contributed by atoms with Crippen LogP contribution in [0.15, 0.2) is 42.5 Å². The SMILES string of the molecule is CC(C)(C)c1ccc(NC(=O)COC(=O)c2ccc(F)cc2F)cc1. The number of anilines is 1. The molecule has 25 heavy (non-hydrogen) atoms. The number of hydrogen-bond donors (Lipinski definition) is 1. The third kappa shape index (κ3) is 5.11. The Hall–Kier alpha value is -2.76. The highest BCUT2D eigenvalue weighted by Gasteiger charge is 2.16. The van der Waals surface area contributed by atoms with E-state index < -0.39 is 35.7 Å². The Balaban J connectivity index is 1.91. The Morgan fingerprint density at radius 1 is 1.04 bits per heavy atom. The molecule has 2 aromatic carbocycles. The molecular formula is C19H19F2NO3. The van der Waals surface area contributed by atoms with E-state index in [1.165, 1.54) is 0 Å². The predicted molar refractivity (Wildman–Crippen MR) is 90.4 cm³/mol. The minimum Gasteiger partial charge on any atom is -0.452 e. The largest absolute Gasteiger partial charge is 0.452 e. The zero-order valence-electron chi connectivity index (χ0n) is 14.2. The summed E-state index contributed by atoms with van der Waals surface area (Å²) in [6, 6.07) is 9.78. The van der Waals surface area contributed by atoms with Crippen LogP contribution >= 0.6 is 0 Å². The molecule has 4 nitrogen and oxygen atoms in total. The van der Waals surface area contributed by atoms with Gasteiger partial charge >= 0.3 is 5.97 Å². The third-order valence-electron chi connectivity index (χ3n) is 3.52. The van der Waals surface area contributed by atoms with Gasteiger partial charge in [-0.2, -0.15) is 0 Å². The second-order valence-corrected chi connectivity index (χ2v) is 6.58. The molecule has 132 valence electrons. The van der Waals surface area contributed by atoms with Crippen LogP contribution in [-0.2, 0) is 14.9 Å². The van der Waals surface area contributed by atoms with Crippen LogP contribution in [0.3, 0.4) is 0 Å². The molecule has 0 spiro atoms. The Labute approximate surface area is 144 Å². The van der Waals surface area contributed by atoms with Crippen molar-refractivity contribution in [3.63, 3.8) is 0 Å². The Morgan fingerprint density at radius 2 is 1.68 bits per heavy atom. The number of carbonyl (C=O) groups excluding carboxylic acids is 2. The zero-order valence-corrected chi connectivity index (χ0v) is 14.2. The number of carbonyl (C=O) groups is 2. The van der Waals surface area contributed by atoms with Crippen molar-refractivity contribution in [1.82, 2.24) is 0 Å². The van der Waals surface area contributed by atoms with Crippen LogP contribution in [-0.4, -0.2) is 18.5 Å². The molecule has 0 heterocycles. The minimum absolute atomic E-state index is 0.00268. The van der Waals surface area contributed by atoms with Gasteiger partial charge in [-0.05, 0) is 35.2 Å². The van der Waals surface area contributed by atoms with Crippen LogP contribution in [0.2, 0.25) is 0 Å². The lowest BCUT2D eigenvalue weighted by molar-refractivity contribution is -0.119. The van der Waals surface area contributed by atoms with E-state index in [9.17, 15) is 18.4 Å². The van der Waals surface area contributed by atoms with Crippen LogP contribution in [0, 0.1) is 11.6 Å². The van der Waals surface area contributed by atoms with Crippen LogP contribution in [0.1, 0.15) is 36.7 Å². The molecule has 1 N–H and O–H groups in total. The molecule has 0 aliphatic heterocycles. The number of esters is 1. The number of hydrogen-bond acceptors (Lipinski definition) is 3. The zero-order chi connectivity index (χ0) is 18.6. The fourth-order valence-corrected chi connectivity index (χ4v) is 2.11. The molecule has 0 bridgehead atoms. The van der Waals surface area contributed by atoms with E-state index in [1.54, 1.807) is 12.1 Å². The molecule has 2 aromatic rings. The summed E-state index contributed by atoms with van der Waals surface area (Å²) in [5.74, 6) is -3.43. The highest BCUT2D eigenvalue weighted by atomic mass is 19.1. The molecule has 6 heteroatoms. The number of halogens is 2. The fraction of sp³-hybridized carbons (Fsp3) is 0.263. The summed E-state index contributed by atoms with van der Waals surface area (Å²) >= 11 is 0. The third-order valence-corrected chi connectivity index (χ3v) is 3.52. The van der Waals surface area contributed by atoms with E-state index in [1.807, 2.05) is 12.1 Å². The molecule has 0 aliphatic carbocycles. The summed E-state index contributed by atoms with van der Waals surface area (Å²) < 4.78 is 31.0. The van der Waals surface area contributed by atoms with Gasteiger partial charge in [-0.1, -0.05) is 32.9 Å². The smallest absolute Gasteiger partial charge is 0.341 e. The van der Waals surface area contributed by atoms with Gasteiger partial charge in [0.1, 0.15) is 11.6 Å². The van der Waals surface area contributed by atoms with Crippen molar-refractivity contribution in [2.75, 3.05) is 11.9 Å². The Kier molecular flexibility index (Phi) is 5.51. The van der Waals surface area contributed by atoms with E-state index in [0.29, 0.717) is 11.8 Å². The number of nitrogens with one attached hydrogen (secondary N) is 1. The minimum atomic E-state index is -1.04. The van der Waals surface area contributed by atoms with Crippen LogP contribution in [0.25, 0.3) is 0 Å². The standard InChI is InChI=1S/C19H19F2NO3/c1-19(2,3)12-4-7-14(8-5-12)22-17(23)11-25-18(24)15-9-6-13(20)10-16(15)21/h4-10H,11H2,1-3H3,(H,22,23). The summed E-state index contributed by atoms with van der Waals surface area (Å²) in [5.41, 5.74) is 1.24. The second-order valence-electron chi connectivity index (χ2n) is 6.58. The molecule has 0 saturated carbocycles. The first kappa shape index (κ1) is 18.6. The van der Waals surface area contributed by atoms with Crippen molar-refractivity contribution in [2.45, 2.75) is 26.2 Å². The Bertz CT molecular complexity index is 780. The maximum absolute atomic E-state index is 13.5. The quantitative estimate of drug-likeness (QED) is 0.849. The normalized spacial score (nSPS) is 11.1. The van der Waals surface area contributed by atoms with Gasteiger partial charge in [0, 0.05) is 11.8 Å². The van der Waals surface area contributed by atoms with Gasteiger partial charge in [0.25, 0.3) is 5.91 Å². The van der Waals surface area contributed by atoms with Crippen molar-refractivity contribution in [1.29, 1.82) is 0 Å². The molecule has 0 fully saturated rings. The summed E-state index contributed by atoms with van der Waals surface area (Å²) in [4.78, 5) is 23.6. The summed E-state index contributed by atoms with van der Waals surface area (Å²) in [5, 5.41) is 2.58. The molecule has 0 atom stereocenters. The highest BCUT2D eigenvalue weighted by Crippen LogP contribution is 2.23. The highest BCUT2D eigenvalue weighted by molar-refractivity contribution is 5.95. The molecular weight excluding hydrogens is 328 g/mol. The number of amides is 1. The van der Waals surface area contributed by atoms with Crippen molar-refractivity contribution >= 4 is 17.6 Å². The van der Waals surface area contributed by atoms with Crippen LogP contribution in [0.4, 0.5) is 14.5 Å². The molecule has 0 unspecified atom stereocenters. The van der Waals surface area contributed by atoms with Gasteiger partial charge in [0.15, 0.2) is 6.61 Å². The van der Waals surface area contributed by atoms with E-state index >= 15 is 0 Å². The first-order valence-corrected chi connectivity index (χ1v) is 7.69. The van der Waals surface area contributed by atoms with Gasteiger partial charge in [0.2, 0.25) is 0 Å². The number of ether oxygens (including phenoxy) is 1. The lowest BCUT2D eigenvalue weighted by Crippen LogP contribution is -2.21. The maximum atomic E-state index is 13.5. The molecule has 2 rings (SSSR count). The fourth-order valence-electron chi connectivity index (χ4n) is 2.11. The Morgan fingerprint density at radius 3 is 2.24 bits per heavy atom. The molecule has 0 saturated heterocycles. The topological polar surface area (TPSA) is 55.4 Å². The lowest BCUT2D eigenvalue weighted by Gasteiger charge is -2.19. The number of rotatable bonds is 4. The maximum Gasteiger partial charge on any atom is 0.341 e. The van der Waals surface area contributed by atoms with Gasteiger partial charge in [-0.15, -0.1) is 0 Å². The summed E-state index contributed by atoms with van der Waals surface area (Å²) in [7, 11) is 0. The summed E-state index contributed by atoms with van der Waals surface area (Å²) in [6.07, 6.45) is 0. The molecule has 1 amide bonds. The van der Waals surface area contributed by atoms with Crippen molar-refractivity contribution in [2.24, 2.45) is 0 Å². The van der Waals surface area contributed by atoms with Gasteiger partial charge in [-0.25, -0.2) is 13.6 Å². The molecule has 0 radical (unpaired) electrons. The van der Waals surface area contributed by atoms with Crippen LogP contribution in [0.5, 0.6) is 0 Å². The van der Waals surface area contributed by atoms with E-state index in [4.69, 9.17) is 4.74 Å². The van der Waals surface area contributed by atoms with E-state index in [-0.39, 0.29) is 5.41 Å². The first-order valence-electron chi connectivity index (χ1n) is 7.69. The van der Waals surface area contributed by atoms with Gasteiger partial charge < -0.3 is 10.1 Å². The average molecular weight is 347 g/mol. The van der Waals surface area contributed by atoms with Crippen LogP contribution < -0.4 is 5.32 Å². The molecule has 0 aromatic heterocycles. The van der Waals surface area contributed by atoms with Crippen molar-refractivity contribution in [3.05, 3.63) is 65.2 Å². The molecule has 0 aliphatic rings. The van der Waals surface area contributed by atoms with Gasteiger partial charge in [0.05, 0.1) is 5.56 Å². The lowest BCUT2D eigenvalue weighted by atomic mass is 9.87.